The molecule has 1 fully saturated rings. The fraction of sp³-hybridized carbons (Fsp3) is 0.538. The van der Waals surface area contributed by atoms with Crippen molar-refractivity contribution in [3.8, 4) is 5.75 Å². The molecule has 1 heterocycles. The minimum Gasteiger partial charge on any atom is -0.497 e. The third-order valence-electron chi connectivity index (χ3n) is 3.61. The van der Waals surface area contributed by atoms with E-state index in [1.54, 1.807) is 19.2 Å². The predicted molar refractivity (Wildman–Crippen MR) is 73.7 cm³/mol. The number of nitrogens with two attached hydrogens (primary N) is 1. The molecule has 2 N–H and O–H groups in total. The maximum absolute atomic E-state index is 11.1. The maximum Gasteiger partial charge on any atom is 0.292 e. The highest BCUT2D eigenvalue weighted by atomic mass is 16.6. The van der Waals surface area contributed by atoms with E-state index in [1.807, 2.05) is 11.8 Å². The van der Waals surface area contributed by atoms with Crippen molar-refractivity contribution in [1.82, 2.24) is 0 Å². The van der Waals surface area contributed by atoms with Gasteiger partial charge in [-0.15, -0.1) is 0 Å². The average molecular weight is 265 g/mol. The van der Waals surface area contributed by atoms with Crippen LogP contribution >= 0.6 is 0 Å². The number of ether oxygens (including phenoxy) is 1. The predicted octanol–water partition coefficient (Wildman–Crippen LogP) is 1.92. The van der Waals surface area contributed by atoms with E-state index < -0.39 is 0 Å². The third kappa shape index (κ3) is 2.78. The normalized spacial score (nSPS) is 23.2. The van der Waals surface area contributed by atoms with Crippen molar-refractivity contribution < 1.29 is 9.66 Å². The highest BCUT2D eigenvalue weighted by Gasteiger charge is 2.28. The molecule has 0 bridgehead atoms. The van der Waals surface area contributed by atoms with Gasteiger partial charge in [0, 0.05) is 30.8 Å². The van der Waals surface area contributed by atoms with Crippen molar-refractivity contribution in [1.29, 1.82) is 0 Å². The largest absolute Gasteiger partial charge is 0.497 e. The van der Waals surface area contributed by atoms with E-state index in [-0.39, 0.29) is 22.7 Å². The van der Waals surface area contributed by atoms with Crippen molar-refractivity contribution >= 4 is 11.4 Å². The lowest BCUT2D eigenvalue weighted by Crippen LogP contribution is -2.45. The molecule has 19 heavy (non-hydrogen) atoms. The van der Waals surface area contributed by atoms with Crippen LogP contribution in [0.25, 0.3) is 0 Å². The average Bonchev–Trinajstić information content (AvgIpc) is 2.38. The van der Waals surface area contributed by atoms with Gasteiger partial charge in [0.05, 0.1) is 12.0 Å². The topological polar surface area (TPSA) is 81.6 Å². The summed E-state index contributed by atoms with van der Waals surface area (Å²) in [6.45, 7) is 2.78. The van der Waals surface area contributed by atoms with Crippen LogP contribution in [0.2, 0.25) is 0 Å². The number of nitro benzene ring substituents is 1. The van der Waals surface area contributed by atoms with Crippen molar-refractivity contribution in [3.63, 3.8) is 0 Å². The summed E-state index contributed by atoms with van der Waals surface area (Å²) in [5.74, 6) is 0.627. The van der Waals surface area contributed by atoms with E-state index >= 15 is 0 Å². The van der Waals surface area contributed by atoms with Gasteiger partial charge in [-0.2, -0.15) is 0 Å². The molecule has 1 aliphatic heterocycles. The Balaban J connectivity index is 2.38. The van der Waals surface area contributed by atoms with Crippen LogP contribution in [0.15, 0.2) is 18.2 Å². The summed E-state index contributed by atoms with van der Waals surface area (Å²) in [5.41, 5.74) is 6.66. The van der Waals surface area contributed by atoms with Crippen molar-refractivity contribution in [2.45, 2.75) is 31.8 Å². The van der Waals surface area contributed by atoms with Crippen LogP contribution in [-0.4, -0.2) is 30.7 Å². The second-order valence-corrected chi connectivity index (χ2v) is 4.94. The molecule has 2 unspecified atom stereocenters. The molecule has 1 aromatic rings. The fourth-order valence-corrected chi connectivity index (χ4v) is 2.58. The Labute approximate surface area is 112 Å². The number of nitrogens with zero attached hydrogens (tertiary/aromatic N) is 2. The van der Waals surface area contributed by atoms with Crippen LogP contribution in [0.5, 0.6) is 5.75 Å². The Hall–Kier alpha value is -1.82. The van der Waals surface area contributed by atoms with Gasteiger partial charge in [-0.1, -0.05) is 0 Å². The van der Waals surface area contributed by atoms with Gasteiger partial charge in [-0.05, 0) is 25.8 Å². The van der Waals surface area contributed by atoms with Crippen LogP contribution < -0.4 is 15.4 Å². The minimum absolute atomic E-state index is 0.114. The number of methoxy groups -OCH3 is 1. The molecular formula is C13H19N3O3. The number of anilines is 1. The summed E-state index contributed by atoms with van der Waals surface area (Å²) in [7, 11) is 1.56. The quantitative estimate of drug-likeness (QED) is 0.667. The molecule has 6 heteroatoms. The molecule has 1 aliphatic rings. The van der Waals surface area contributed by atoms with Crippen LogP contribution in [-0.2, 0) is 0 Å². The Morgan fingerprint density at radius 3 is 2.84 bits per heavy atom. The summed E-state index contributed by atoms with van der Waals surface area (Å²) in [6.07, 6.45) is 1.69. The van der Waals surface area contributed by atoms with Gasteiger partial charge in [0.15, 0.2) is 0 Å². The smallest absolute Gasteiger partial charge is 0.292 e. The highest BCUT2D eigenvalue weighted by molar-refractivity contribution is 5.66. The van der Waals surface area contributed by atoms with E-state index in [9.17, 15) is 10.1 Å². The minimum atomic E-state index is -0.351. The summed E-state index contributed by atoms with van der Waals surface area (Å²) in [5, 5.41) is 11.1. The Kier molecular flexibility index (Phi) is 3.90. The molecule has 1 aromatic carbocycles. The SMILES string of the molecule is COc1ccc([N+](=O)[O-])c(N2CCC(N)CC2C)c1. The molecule has 104 valence electrons. The number of nitro groups is 1. The van der Waals surface area contributed by atoms with Gasteiger partial charge in [0.2, 0.25) is 0 Å². The van der Waals surface area contributed by atoms with E-state index in [1.165, 1.54) is 6.07 Å². The monoisotopic (exact) mass is 265 g/mol. The van der Waals surface area contributed by atoms with E-state index in [4.69, 9.17) is 10.5 Å². The zero-order chi connectivity index (χ0) is 14.0. The lowest BCUT2D eigenvalue weighted by Gasteiger charge is -2.37. The first-order valence-corrected chi connectivity index (χ1v) is 6.37. The first-order valence-electron chi connectivity index (χ1n) is 6.37. The summed E-state index contributed by atoms with van der Waals surface area (Å²) in [4.78, 5) is 12.8. The van der Waals surface area contributed by atoms with Crippen molar-refractivity contribution in [2.75, 3.05) is 18.6 Å². The number of hydrogen-bond donors (Lipinski definition) is 1. The van der Waals surface area contributed by atoms with E-state index in [2.05, 4.69) is 0 Å². The molecule has 1 saturated heterocycles. The number of benzene rings is 1. The summed E-state index contributed by atoms with van der Waals surface area (Å²) >= 11 is 0. The Morgan fingerprint density at radius 2 is 2.26 bits per heavy atom. The van der Waals surface area contributed by atoms with Gasteiger partial charge in [-0.3, -0.25) is 10.1 Å². The standard InChI is InChI=1S/C13H19N3O3/c1-9-7-10(14)5-6-15(9)13-8-11(19-2)3-4-12(13)16(17)18/h3-4,8-10H,5-7,14H2,1-2H3. The molecule has 2 atom stereocenters. The van der Waals surface area contributed by atoms with E-state index in [0.717, 1.165) is 19.4 Å². The van der Waals surface area contributed by atoms with Crippen LogP contribution in [0.1, 0.15) is 19.8 Å². The van der Waals surface area contributed by atoms with Crippen LogP contribution in [0.3, 0.4) is 0 Å². The van der Waals surface area contributed by atoms with Gasteiger partial charge < -0.3 is 15.4 Å². The second-order valence-electron chi connectivity index (χ2n) is 4.94. The Morgan fingerprint density at radius 1 is 1.53 bits per heavy atom. The Bertz CT molecular complexity index is 478. The van der Waals surface area contributed by atoms with E-state index in [0.29, 0.717) is 11.4 Å². The molecule has 0 aliphatic carbocycles. The van der Waals surface area contributed by atoms with Crippen LogP contribution in [0, 0.1) is 10.1 Å². The van der Waals surface area contributed by atoms with Crippen molar-refractivity contribution in [2.24, 2.45) is 5.73 Å². The van der Waals surface area contributed by atoms with Gasteiger partial charge in [-0.25, -0.2) is 0 Å². The highest BCUT2D eigenvalue weighted by Crippen LogP contribution is 2.35. The zero-order valence-electron chi connectivity index (χ0n) is 11.2. The lowest BCUT2D eigenvalue weighted by molar-refractivity contribution is -0.384. The molecule has 0 aromatic heterocycles. The molecular weight excluding hydrogens is 246 g/mol. The van der Waals surface area contributed by atoms with Crippen LogP contribution in [0.4, 0.5) is 11.4 Å². The molecule has 6 nitrogen and oxygen atoms in total. The van der Waals surface area contributed by atoms with Gasteiger partial charge >= 0.3 is 0 Å². The first-order chi connectivity index (χ1) is 9.02. The summed E-state index contributed by atoms with van der Waals surface area (Å²) < 4.78 is 5.16. The number of piperidine rings is 1. The molecule has 0 spiro atoms. The zero-order valence-corrected chi connectivity index (χ0v) is 11.2. The van der Waals surface area contributed by atoms with Gasteiger partial charge in [0.25, 0.3) is 5.69 Å². The summed E-state index contributed by atoms with van der Waals surface area (Å²) in [6, 6.07) is 5.20. The molecule has 0 radical (unpaired) electrons. The second kappa shape index (κ2) is 5.44. The van der Waals surface area contributed by atoms with Crippen molar-refractivity contribution in [3.05, 3.63) is 28.3 Å². The number of hydrogen-bond acceptors (Lipinski definition) is 5. The fourth-order valence-electron chi connectivity index (χ4n) is 2.58. The maximum atomic E-state index is 11.1. The lowest BCUT2D eigenvalue weighted by atomic mass is 9.98. The number of rotatable bonds is 3. The third-order valence-corrected chi connectivity index (χ3v) is 3.61. The van der Waals surface area contributed by atoms with Gasteiger partial charge in [0.1, 0.15) is 11.4 Å². The molecule has 0 amide bonds. The molecule has 2 rings (SSSR count). The first kappa shape index (κ1) is 13.6. The molecule has 0 saturated carbocycles.